The second-order valence-electron chi connectivity index (χ2n) is 10.3. The molecule has 6 aliphatic carbocycles. The predicted molar refractivity (Wildman–Crippen MR) is 141 cm³/mol. The zero-order chi connectivity index (χ0) is 22.1. The maximum Gasteiger partial charge on any atom is 0.0147 e. The molecule has 4 bridgehead atoms. The van der Waals surface area contributed by atoms with Crippen LogP contribution in [0.3, 0.4) is 0 Å². The van der Waals surface area contributed by atoms with E-state index in [0.29, 0.717) is 17.0 Å². The molecule has 1 saturated carbocycles. The Hall–Kier alpha value is -2.17. The van der Waals surface area contributed by atoms with Crippen LogP contribution in [0.25, 0.3) is 0 Å². The first kappa shape index (κ1) is 21.7. The van der Waals surface area contributed by atoms with Gasteiger partial charge in [-0.05, 0) is 62.0 Å². The summed E-state index contributed by atoms with van der Waals surface area (Å²) in [4.78, 5) is 0. The molecule has 8 rings (SSSR count). The van der Waals surface area contributed by atoms with E-state index in [2.05, 4.69) is 106 Å². The van der Waals surface area contributed by atoms with E-state index in [1.807, 2.05) is 0 Å². The highest BCUT2D eigenvalue weighted by Gasteiger charge is 2.36. The van der Waals surface area contributed by atoms with Crippen molar-refractivity contribution >= 4 is 18.5 Å². The molecule has 1 heteroatoms. The minimum absolute atomic E-state index is 0.306. The molecular weight excluding hydrogens is 403 g/mol. The van der Waals surface area contributed by atoms with Gasteiger partial charge in [0, 0.05) is 5.66 Å². The molecule has 0 radical (unpaired) electrons. The molecule has 2 atom stereocenters. The van der Waals surface area contributed by atoms with Crippen LogP contribution in [0.2, 0.25) is 0 Å². The van der Waals surface area contributed by atoms with Gasteiger partial charge in [-0.1, -0.05) is 128 Å². The first-order chi connectivity index (χ1) is 15.5. The van der Waals surface area contributed by atoms with Gasteiger partial charge in [-0.2, -0.15) is 0 Å². The number of allylic oxidation sites excluding steroid dienone is 8. The molecule has 1 fully saturated rings. The largest absolute Gasteiger partial charge is 0.0690 e. The van der Waals surface area contributed by atoms with E-state index < -0.39 is 7.92 Å². The molecule has 2 aromatic carbocycles. The van der Waals surface area contributed by atoms with Gasteiger partial charge in [-0.15, -0.1) is 0 Å². The first-order valence-electron chi connectivity index (χ1n) is 12.2. The molecule has 0 amide bonds. The summed E-state index contributed by atoms with van der Waals surface area (Å²) >= 11 is 0. The van der Waals surface area contributed by atoms with Crippen molar-refractivity contribution in [3.05, 3.63) is 107 Å². The molecule has 2 aromatic rings. The SMILES string of the molecule is CC1C2=CC=C(CCC3=CC=C(CC2)C(C)(C)C3)[C@H]1P(c1ccccc1)c1ccccc1. The second kappa shape index (κ2) is 8.99. The molecule has 0 spiro atoms. The van der Waals surface area contributed by atoms with Gasteiger partial charge in [0.05, 0.1) is 0 Å². The lowest BCUT2D eigenvalue weighted by Crippen LogP contribution is -2.32. The third-order valence-electron chi connectivity index (χ3n) is 7.77. The van der Waals surface area contributed by atoms with E-state index >= 15 is 0 Å². The highest BCUT2D eigenvalue weighted by Crippen LogP contribution is 2.53. The van der Waals surface area contributed by atoms with Crippen molar-refractivity contribution in [3.8, 4) is 0 Å². The van der Waals surface area contributed by atoms with E-state index in [0.717, 1.165) is 0 Å². The number of benzene rings is 2. The minimum atomic E-state index is -0.457. The summed E-state index contributed by atoms with van der Waals surface area (Å²) in [6, 6.07) is 22.6. The molecule has 0 aliphatic heterocycles. The van der Waals surface area contributed by atoms with Crippen LogP contribution >= 0.6 is 7.92 Å². The van der Waals surface area contributed by atoms with Crippen LogP contribution in [0.4, 0.5) is 0 Å². The highest BCUT2D eigenvalue weighted by atomic mass is 31.1. The van der Waals surface area contributed by atoms with E-state index in [1.54, 1.807) is 22.3 Å². The van der Waals surface area contributed by atoms with Gasteiger partial charge < -0.3 is 0 Å². The molecule has 0 aromatic heterocycles. The number of hydrogen-bond acceptors (Lipinski definition) is 0. The first-order valence-corrected chi connectivity index (χ1v) is 13.6. The monoisotopic (exact) mass is 438 g/mol. The van der Waals surface area contributed by atoms with Crippen LogP contribution in [-0.2, 0) is 0 Å². The van der Waals surface area contributed by atoms with Crippen molar-refractivity contribution in [2.45, 2.75) is 58.5 Å². The van der Waals surface area contributed by atoms with E-state index in [9.17, 15) is 0 Å². The van der Waals surface area contributed by atoms with E-state index in [1.165, 1.54) is 42.7 Å². The highest BCUT2D eigenvalue weighted by molar-refractivity contribution is 7.73. The molecule has 0 saturated heterocycles. The van der Waals surface area contributed by atoms with Gasteiger partial charge in [0.2, 0.25) is 0 Å². The van der Waals surface area contributed by atoms with Gasteiger partial charge >= 0.3 is 0 Å². The van der Waals surface area contributed by atoms with Crippen molar-refractivity contribution in [1.29, 1.82) is 0 Å². The van der Waals surface area contributed by atoms with E-state index in [4.69, 9.17) is 0 Å². The van der Waals surface area contributed by atoms with Gasteiger partial charge in [0.25, 0.3) is 0 Å². The minimum Gasteiger partial charge on any atom is -0.0690 e. The summed E-state index contributed by atoms with van der Waals surface area (Å²) in [7, 11) is -0.457. The molecule has 164 valence electrons. The van der Waals surface area contributed by atoms with Crippen LogP contribution in [-0.4, -0.2) is 5.66 Å². The Kier molecular flexibility index (Phi) is 6.09. The zero-order valence-electron chi connectivity index (χ0n) is 19.7. The van der Waals surface area contributed by atoms with Crippen LogP contribution < -0.4 is 10.6 Å². The fourth-order valence-corrected chi connectivity index (χ4v) is 9.04. The van der Waals surface area contributed by atoms with Gasteiger partial charge in [0.15, 0.2) is 0 Å². The lowest BCUT2D eigenvalue weighted by atomic mass is 9.71. The summed E-state index contributed by atoms with van der Waals surface area (Å²) in [5.74, 6) is 0.581. The van der Waals surface area contributed by atoms with Crippen LogP contribution in [0, 0.1) is 11.3 Å². The summed E-state index contributed by atoms with van der Waals surface area (Å²) in [5, 5.41) is 3.02. The normalized spacial score (nSPS) is 24.8. The van der Waals surface area contributed by atoms with Crippen LogP contribution in [0.1, 0.15) is 52.9 Å². The molecule has 1 unspecified atom stereocenters. The number of hydrogen-bond donors (Lipinski definition) is 0. The van der Waals surface area contributed by atoms with Crippen molar-refractivity contribution in [1.82, 2.24) is 0 Å². The summed E-state index contributed by atoms with van der Waals surface area (Å²) in [6.45, 7) is 7.40. The standard InChI is InChI=1S/C31H35P/c1-23-25-17-18-26(16-14-24-15-20-27(21-19-25)31(2,3)22-24)30(23)32(28-10-6-4-7-11-28)29-12-8-5-9-13-29/h4-13,15,17-18,20,23,30H,14,16,19,21-22H2,1-3H3/t23?,30-/m0/s1. The Balaban J connectivity index is 1.56. The zero-order valence-corrected chi connectivity index (χ0v) is 20.6. The fourth-order valence-electron chi connectivity index (χ4n) is 5.93. The van der Waals surface area contributed by atoms with Crippen LogP contribution in [0.15, 0.2) is 107 Å². The molecule has 0 N–H and O–H groups in total. The van der Waals surface area contributed by atoms with Crippen molar-refractivity contribution in [2.75, 3.05) is 0 Å². The molecule has 32 heavy (non-hydrogen) atoms. The van der Waals surface area contributed by atoms with E-state index in [-0.39, 0.29) is 0 Å². The predicted octanol–water partition coefficient (Wildman–Crippen LogP) is 7.85. The Bertz CT molecular complexity index is 1040. The number of rotatable bonds is 3. The third-order valence-corrected chi connectivity index (χ3v) is 10.8. The van der Waals surface area contributed by atoms with Crippen molar-refractivity contribution < 1.29 is 0 Å². The smallest absolute Gasteiger partial charge is 0.0147 e. The average Bonchev–Trinajstić information content (AvgIpc) is 2.79. The quantitative estimate of drug-likeness (QED) is 0.428. The maximum absolute atomic E-state index is 2.51. The fraction of sp³-hybridized carbons (Fsp3) is 0.355. The summed E-state index contributed by atoms with van der Waals surface area (Å²) in [5.41, 5.74) is 7.45. The van der Waals surface area contributed by atoms with Crippen molar-refractivity contribution in [3.63, 3.8) is 0 Å². The van der Waals surface area contributed by atoms with Gasteiger partial charge in [-0.25, -0.2) is 0 Å². The topological polar surface area (TPSA) is 0 Å². The summed E-state index contributed by atoms with van der Waals surface area (Å²) < 4.78 is 0. The average molecular weight is 439 g/mol. The Morgan fingerprint density at radius 3 is 1.91 bits per heavy atom. The molecule has 6 aliphatic rings. The Labute approximate surface area is 195 Å². The van der Waals surface area contributed by atoms with Gasteiger partial charge in [0.1, 0.15) is 0 Å². The van der Waals surface area contributed by atoms with Crippen LogP contribution in [0.5, 0.6) is 0 Å². The molecule has 0 heterocycles. The van der Waals surface area contributed by atoms with Gasteiger partial charge in [-0.3, -0.25) is 0 Å². The third kappa shape index (κ3) is 4.23. The molecule has 0 nitrogen and oxygen atoms in total. The lowest BCUT2D eigenvalue weighted by molar-refractivity contribution is 0.408. The summed E-state index contributed by atoms with van der Waals surface area (Å²) in [6.07, 6.45) is 15.9. The lowest BCUT2D eigenvalue weighted by Gasteiger charge is -2.40. The Morgan fingerprint density at radius 2 is 1.28 bits per heavy atom. The van der Waals surface area contributed by atoms with Crippen molar-refractivity contribution in [2.24, 2.45) is 11.3 Å². The molecular formula is C31H35P. The second-order valence-corrected chi connectivity index (χ2v) is 12.7. The Morgan fingerprint density at radius 1 is 0.688 bits per heavy atom. The maximum atomic E-state index is 2.51.